The summed E-state index contributed by atoms with van der Waals surface area (Å²) in [5.41, 5.74) is 3.09. The summed E-state index contributed by atoms with van der Waals surface area (Å²) in [6.07, 6.45) is 3.74. The van der Waals surface area contributed by atoms with Crippen LogP contribution in [0.5, 0.6) is 0 Å². The first-order valence-corrected chi connectivity index (χ1v) is 15.3. The number of rotatable bonds is 6. The van der Waals surface area contributed by atoms with Gasteiger partial charge >= 0.3 is 0 Å². The Morgan fingerprint density at radius 1 is 0.649 bits per heavy atom. The van der Waals surface area contributed by atoms with Gasteiger partial charge in [0.05, 0.1) is 32.0 Å². The Labute approximate surface area is 223 Å². The zero-order valence-electron chi connectivity index (χ0n) is 22.9. The fourth-order valence-corrected chi connectivity index (χ4v) is 9.48. The molecule has 1 aromatic rings. The standard InChI is InChI=1S/C29H47N8/c1-2-6-30-7-8-31-9-10-32-14-16-36(27(30)26(31)32)22-24-4-3-5-25(21-24)23-37-19-17-34-12-11-33-13-15-35(18-20-37)29(37)28(33)34/h3-5,21,26-29H,2,6-20,22-23H2,1H3/q+1. The molecule has 0 bridgehead atoms. The van der Waals surface area contributed by atoms with Crippen molar-refractivity contribution in [2.24, 2.45) is 0 Å². The molecule has 7 aliphatic heterocycles. The first kappa shape index (κ1) is 23.8. The largest absolute Gasteiger partial charge is 0.300 e. The van der Waals surface area contributed by atoms with Crippen molar-refractivity contribution in [3.8, 4) is 0 Å². The molecule has 7 heterocycles. The van der Waals surface area contributed by atoms with Gasteiger partial charge in [-0.1, -0.05) is 25.1 Å². The quantitative estimate of drug-likeness (QED) is 0.515. The van der Waals surface area contributed by atoms with Gasteiger partial charge in [0.25, 0.3) is 0 Å². The van der Waals surface area contributed by atoms with Crippen LogP contribution in [0.4, 0.5) is 0 Å². The van der Waals surface area contributed by atoms with Crippen LogP contribution in [0.1, 0.15) is 24.5 Å². The summed E-state index contributed by atoms with van der Waals surface area (Å²) >= 11 is 0. The normalized spacial score (nSPS) is 39.4. The lowest BCUT2D eigenvalue weighted by molar-refractivity contribution is -0.966. The fraction of sp³-hybridized carbons (Fsp3) is 0.793. The van der Waals surface area contributed by atoms with Crippen LogP contribution in [-0.2, 0) is 13.1 Å². The molecule has 37 heavy (non-hydrogen) atoms. The summed E-state index contributed by atoms with van der Waals surface area (Å²) in [4.78, 5) is 19.6. The van der Waals surface area contributed by atoms with Crippen LogP contribution >= 0.6 is 0 Å². The molecule has 202 valence electrons. The molecule has 0 aromatic heterocycles. The molecule has 0 saturated carbocycles. The van der Waals surface area contributed by atoms with Gasteiger partial charge in [0.1, 0.15) is 12.7 Å². The number of hydrogen-bond donors (Lipinski definition) is 0. The molecule has 7 saturated heterocycles. The van der Waals surface area contributed by atoms with Crippen LogP contribution in [0.3, 0.4) is 0 Å². The molecular weight excluding hydrogens is 460 g/mol. The van der Waals surface area contributed by atoms with Crippen molar-refractivity contribution >= 4 is 0 Å². The van der Waals surface area contributed by atoms with Crippen LogP contribution in [0.25, 0.3) is 0 Å². The van der Waals surface area contributed by atoms with Crippen LogP contribution in [0, 0.1) is 0 Å². The molecule has 0 radical (unpaired) electrons. The van der Waals surface area contributed by atoms with E-state index in [0.717, 1.165) is 6.54 Å². The molecule has 5 atom stereocenters. The fourth-order valence-electron chi connectivity index (χ4n) is 9.48. The van der Waals surface area contributed by atoms with Gasteiger partial charge in [-0.2, -0.15) is 0 Å². The Morgan fingerprint density at radius 2 is 1.24 bits per heavy atom. The highest BCUT2D eigenvalue weighted by Crippen LogP contribution is 2.40. The maximum atomic E-state index is 2.85. The van der Waals surface area contributed by atoms with Gasteiger partial charge in [-0.05, 0) is 24.6 Å². The minimum atomic E-state index is 0.547. The van der Waals surface area contributed by atoms with Gasteiger partial charge in [-0.3, -0.25) is 29.4 Å². The Kier molecular flexibility index (Phi) is 5.93. The van der Waals surface area contributed by atoms with Crippen LogP contribution in [0.15, 0.2) is 24.3 Å². The molecule has 8 rings (SSSR count). The molecule has 1 aromatic carbocycles. The highest BCUT2D eigenvalue weighted by molar-refractivity contribution is 5.23. The monoisotopic (exact) mass is 507 g/mol. The maximum Gasteiger partial charge on any atom is 0.175 e. The van der Waals surface area contributed by atoms with Gasteiger partial charge in [-0.25, -0.2) is 4.90 Å². The topological polar surface area (TPSA) is 22.7 Å². The van der Waals surface area contributed by atoms with Crippen LogP contribution < -0.4 is 0 Å². The van der Waals surface area contributed by atoms with Gasteiger partial charge in [-0.15, -0.1) is 0 Å². The average molecular weight is 508 g/mol. The number of piperazine rings is 4. The number of nitrogens with zero attached hydrogens (tertiary/aromatic N) is 8. The van der Waals surface area contributed by atoms with Gasteiger partial charge < -0.3 is 4.48 Å². The number of hydrogen-bond acceptors (Lipinski definition) is 7. The SMILES string of the molecule is CCCN1CCN2CCN3CCN(Cc4cccc(C[N+]56CCN7CCN8CCN(CC5)C6C87)c4)C1C23. The van der Waals surface area contributed by atoms with E-state index in [4.69, 9.17) is 0 Å². The molecule has 0 amide bonds. The Morgan fingerprint density at radius 3 is 2.00 bits per heavy atom. The minimum Gasteiger partial charge on any atom is -0.300 e. The molecule has 8 nitrogen and oxygen atoms in total. The molecule has 5 unspecified atom stereocenters. The summed E-state index contributed by atoms with van der Waals surface area (Å²) in [6.45, 7) is 23.6. The third kappa shape index (κ3) is 3.79. The van der Waals surface area contributed by atoms with Crippen molar-refractivity contribution in [1.82, 2.24) is 34.3 Å². The molecule has 7 fully saturated rings. The molecule has 0 N–H and O–H groups in total. The minimum absolute atomic E-state index is 0.547. The Balaban J connectivity index is 1.03. The number of benzene rings is 1. The van der Waals surface area contributed by atoms with Gasteiger partial charge in [0.15, 0.2) is 6.17 Å². The van der Waals surface area contributed by atoms with Gasteiger partial charge in [0, 0.05) is 84.1 Å². The third-order valence-corrected chi connectivity index (χ3v) is 11.1. The molecule has 8 heteroatoms. The smallest absolute Gasteiger partial charge is 0.175 e. The zero-order chi connectivity index (χ0) is 24.6. The zero-order valence-corrected chi connectivity index (χ0v) is 22.9. The molecule has 0 aliphatic carbocycles. The lowest BCUT2D eigenvalue weighted by Crippen LogP contribution is -2.73. The molecular formula is C29H47N8+. The maximum absolute atomic E-state index is 2.85. The van der Waals surface area contributed by atoms with Gasteiger partial charge in [0.2, 0.25) is 0 Å². The first-order chi connectivity index (χ1) is 18.2. The summed E-state index contributed by atoms with van der Waals surface area (Å²) in [5.74, 6) is 0. The highest BCUT2D eigenvalue weighted by Gasteiger charge is 2.60. The number of quaternary nitrogens is 1. The van der Waals surface area contributed by atoms with Crippen LogP contribution in [0.2, 0.25) is 0 Å². The van der Waals surface area contributed by atoms with E-state index in [1.165, 1.54) is 121 Å². The van der Waals surface area contributed by atoms with E-state index in [1.807, 2.05) is 0 Å². The molecule has 7 aliphatic rings. The van der Waals surface area contributed by atoms with E-state index in [2.05, 4.69) is 65.5 Å². The third-order valence-electron chi connectivity index (χ3n) is 11.1. The Hall–Kier alpha value is -1.10. The summed E-state index contributed by atoms with van der Waals surface area (Å²) in [7, 11) is 0. The summed E-state index contributed by atoms with van der Waals surface area (Å²) in [6, 6.07) is 9.78. The van der Waals surface area contributed by atoms with Crippen molar-refractivity contribution < 1.29 is 4.48 Å². The summed E-state index contributed by atoms with van der Waals surface area (Å²) in [5, 5.41) is 0. The second-order valence-electron chi connectivity index (χ2n) is 13.0. The second kappa shape index (κ2) is 9.24. The van der Waals surface area contributed by atoms with E-state index in [9.17, 15) is 0 Å². The predicted octanol–water partition coefficient (Wildman–Crippen LogP) is 0.427. The van der Waals surface area contributed by atoms with Crippen molar-refractivity contribution in [2.45, 2.75) is 51.1 Å². The highest BCUT2D eigenvalue weighted by atomic mass is 15.6. The lowest BCUT2D eigenvalue weighted by atomic mass is 10.0. The van der Waals surface area contributed by atoms with E-state index in [-0.39, 0.29) is 0 Å². The summed E-state index contributed by atoms with van der Waals surface area (Å²) < 4.78 is 1.30. The van der Waals surface area contributed by atoms with E-state index in [1.54, 1.807) is 5.56 Å². The lowest BCUT2D eigenvalue weighted by Gasteiger charge is -2.54. The molecule has 0 spiro atoms. The average Bonchev–Trinajstić information content (AvgIpc) is 3.62. The van der Waals surface area contributed by atoms with E-state index < -0.39 is 0 Å². The van der Waals surface area contributed by atoms with Crippen molar-refractivity contribution in [1.29, 1.82) is 0 Å². The van der Waals surface area contributed by atoms with Crippen molar-refractivity contribution in [2.75, 3.05) is 98.2 Å². The second-order valence-corrected chi connectivity index (χ2v) is 13.0. The Bertz CT molecular complexity index is 992. The van der Waals surface area contributed by atoms with Crippen LogP contribution in [-0.4, -0.2) is 162 Å². The predicted molar refractivity (Wildman–Crippen MR) is 145 cm³/mol. The van der Waals surface area contributed by atoms with Crippen molar-refractivity contribution in [3.63, 3.8) is 0 Å². The van der Waals surface area contributed by atoms with E-state index in [0.29, 0.717) is 24.7 Å². The first-order valence-electron chi connectivity index (χ1n) is 15.3. The van der Waals surface area contributed by atoms with Crippen molar-refractivity contribution in [3.05, 3.63) is 35.4 Å². The van der Waals surface area contributed by atoms with E-state index >= 15 is 0 Å².